The molecular formula is C62H38N10S2. The number of hydrogen-bond acceptors (Lipinski definition) is 12. The number of aromatic nitrogens is 8. The molecule has 0 saturated carbocycles. The van der Waals surface area contributed by atoms with Crippen LogP contribution >= 0.6 is 23.5 Å². The van der Waals surface area contributed by atoms with Gasteiger partial charge < -0.3 is 9.80 Å². The molecule has 12 heteroatoms. The molecular weight excluding hydrogens is 949 g/mol. The van der Waals surface area contributed by atoms with E-state index in [1.165, 1.54) is 0 Å². The number of anilines is 6. The quantitative estimate of drug-likeness (QED) is 0.145. The van der Waals surface area contributed by atoms with E-state index in [1.807, 2.05) is 73.1 Å². The Morgan fingerprint density at radius 3 is 1.05 bits per heavy atom. The van der Waals surface area contributed by atoms with Gasteiger partial charge in [0.2, 0.25) is 0 Å². The Morgan fingerprint density at radius 1 is 0.311 bits per heavy atom. The van der Waals surface area contributed by atoms with Crippen molar-refractivity contribution in [2.45, 2.75) is 19.6 Å². The van der Waals surface area contributed by atoms with E-state index in [2.05, 4.69) is 153 Å². The highest BCUT2D eigenvalue weighted by molar-refractivity contribution is 8.00. The summed E-state index contributed by atoms with van der Waals surface area (Å²) in [6, 6.07) is 67.3. The van der Waals surface area contributed by atoms with Crippen LogP contribution < -0.4 is 9.80 Å². The van der Waals surface area contributed by atoms with Crippen LogP contribution in [0.5, 0.6) is 0 Å². The van der Waals surface area contributed by atoms with E-state index in [9.17, 15) is 0 Å². The highest BCUT2D eigenvalue weighted by Crippen LogP contribution is 2.55. The van der Waals surface area contributed by atoms with Crippen molar-refractivity contribution < 1.29 is 0 Å². The fourth-order valence-electron chi connectivity index (χ4n) is 9.79. The Labute approximate surface area is 434 Å². The standard InChI is InChI=1S/C62H38N10S2/c1-5-23-57-53(19-1)71(54-20-2-6-24-58(54)73-57)41-31-43-44(45(33-41)51-35-49(39-15-13-27-63-37-39)67-61(69-51)47-17-9-11-29-65-47)32-42(72-55-21-3-7-25-59(55)74-60-26-8-4-22-56(60)72)34-46(43)52-36-50(40-16-14-28-64-38-40)68-62(70-52)48-18-10-12-30-66-48/h1-38H. The molecule has 348 valence electrons. The maximum Gasteiger partial charge on any atom is 0.179 e. The summed E-state index contributed by atoms with van der Waals surface area (Å²) in [7, 11) is 0. The smallest absolute Gasteiger partial charge is 0.179 e. The molecule has 0 unspecified atom stereocenters. The van der Waals surface area contributed by atoms with E-state index in [-0.39, 0.29) is 0 Å². The highest BCUT2D eigenvalue weighted by Gasteiger charge is 2.30. The Balaban J connectivity index is 1.14. The van der Waals surface area contributed by atoms with Gasteiger partial charge in [-0.1, -0.05) is 84.2 Å². The number of nitrogens with zero attached hydrogens (tertiary/aromatic N) is 10. The molecule has 10 nitrogen and oxygen atoms in total. The van der Waals surface area contributed by atoms with Gasteiger partial charge in [0.05, 0.1) is 45.5 Å². The van der Waals surface area contributed by atoms with Gasteiger partial charge in [-0.3, -0.25) is 19.9 Å². The Kier molecular flexibility index (Phi) is 10.8. The van der Waals surface area contributed by atoms with Gasteiger partial charge in [0, 0.05) is 90.4 Å². The molecule has 0 saturated heterocycles. The van der Waals surface area contributed by atoms with Crippen LogP contribution in [0.1, 0.15) is 0 Å². The fourth-order valence-corrected chi connectivity index (χ4v) is 11.9. The van der Waals surface area contributed by atoms with Crippen LogP contribution in [0.25, 0.3) is 78.8 Å². The van der Waals surface area contributed by atoms with Gasteiger partial charge in [-0.25, -0.2) is 19.9 Å². The molecule has 74 heavy (non-hydrogen) atoms. The zero-order valence-corrected chi connectivity index (χ0v) is 40.9. The summed E-state index contributed by atoms with van der Waals surface area (Å²) in [5.74, 6) is 0.990. The van der Waals surface area contributed by atoms with Crippen LogP contribution in [-0.4, -0.2) is 39.9 Å². The molecule has 2 aliphatic rings. The van der Waals surface area contributed by atoms with Gasteiger partial charge in [0.25, 0.3) is 0 Å². The molecule has 14 rings (SSSR count). The minimum Gasteiger partial charge on any atom is -0.308 e. The lowest BCUT2D eigenvalue weighted by atomic mass is 9.92. The summed E-state index contributed by atoms with van der Waals surface area (Å²) in [5, 5.41) is 1.90. The lowest BCUT2D eigenvalue weighted by molar-refractivity contribution is 1.14. The van der Waals surface area contributed by atoms with Gasteiger partial charge in [-0.15, -0.1) is 0 Å². The van der Waals surface area contributed by atoms with Crippen molar-refractivity contribution in [3.05, 3.63) is 231 Å². The molecule has 6 aromatic carbocycles. The summed E-state index contributed by atoms with van der Waals surface area (Å²) < 4.78 is 0. The third kappa shape index (κ3) is 7.80. The van der Waals surface area contributed by atoms with Gasteiger partial charge in [0.15, 0.2) is 11.6 Å². The molecule has 0 spiro atoms. The van der Waals surface area contributed by atoms with Gasteiger partial charge in [-0.2, -0.15) is 0 Å². The lowest BCUT2D eigenvalue weighted by Crippen LogP contribution is -2.16. The molecule has 0 fully saturated rings. The SMILES string of the molecule is c1ccc(-c2nc(-c3cccnc3)cc(-c3cc(N4c5ccccc5Sc5ccccc54)cc4c(-c5cc(-c6cccnc6)nc(-c6ccccn6)n5)cc(N5c6ccccc6Sc6ccccc65)cc34)n2)nc1. The van der Waals surface area contributed by atoms with Crippen molar-refractivity contribution in [3.8, 4) is 68.1 Å². The van der Waals surface area contributed by atoms with Crippen molar-refractivity contribution in [2.24, 2.45) is 0 Å². The van der Waals surface area contributed by atoms with Gasteiger partial charge in [-0.05, 0) is 144 Å². The third-order valence-electron chi connectivity index (χ3n) is 13.1. The Hall–Kier alpha value is -9.36. The maximum atomic E-state index is 5.47. The van der Waals surface area contributed by atoms with Crippen LogP contribution in [0.15, 0.2) is 251 Å². The van der Waals surface area contributed by atoms with Crippen molar-refractivity contribution in [3.63, 3.8) is 0 Å². The largest absolute Gasteiger partial charge is 0.308 e. The average Bonchev–Trinajstić information content (AvgIpc) is 3.48. The van der Waals surface area contributed by atoms with Crippen LogP contribution in [0.2, 0.25) is 0 Å². The minimum atomic E-state index is 0.495. The minimum absolute atomic E-state index is 0.495. The number of rotatable bonds is 8. The first-order chi connectivity index (χ1) is 36.7. The normalized spacial score (nSPS) is 12.4. The van der Waals surface area contributed by atoms with Crippen LogP contribution in [0.4, 0.5) is 34.1 Å². The summed E-state index contributed by atoms with van der Waals surface area (Å²) in [6.45, 7) is 0. The lowest BCUT2D eigenvalue weighted by Gasteiger charge is -2.34. The predicted molar refractivity (Wildman–Crippen MR) is 297 cm³/mol. The summed E-state index contributed by atoms with van der Waals surface area (Å²) in [5.41, 5.74) is 13.8. The van der Waals surface area contributed by atoms with Crippen LogP contribution in [0.3, 0.4) is 0 Å². The van der Waals surface area contributed by atoms with Crippen molar-refractivity contribution in [2.75, 3.05) is 9.80 Å². The second-order valence-electron chi connectivity index (χ2n) is 17.7. The summed E-state index contributed by atoms with van der Waals surface area (Å²) in [4.78, 5) is 49.2. The van der Waals surface area contributed by atoms with Crippen molar-refractivity contribution >= 4 is 68.4 Å². The fraction of sp³-hybridized carbons (Fsp3) is 0. The first kappa shape index (κ1) is 43.4. The zero-order chi connectivity index (χ0) is 49.0. The number of pyridine rings is 4. The van der Waals surface area contributed by atoms with E-state index in [0.29, 0.717) is 34.4 Å². The number of hydrogen-bond donors (Lipinski definition) is 0. The topological polar surface area (TPSA) is 110 Å². The van der Waals surface area contributed by atoms with Crippen LogP contribution in [0, 0.1) is 0 Å². The van der Waals surface area contributed by atoms with E-state index in [1.54, 1.807) is 48.3 Å². The van der Waals surface area contributed by atoms with E-state index in [0.717, 1.165) is 98.1 Å². The summed E-state index contributed by atoms with van der Waals surface area (Å²) >= 11 is 3.56. The third-order valence-corrected chi connectivity index (χ3v) is 15.4. The average molecular weight is 987 g/mol. The molecule has 0 aliphatic carbocycles. The molecule has 2 aliphatic heterocycles. The van der Waals surface area contributed by atoms with Crippen molar-refractivity contribution in [1.82, 2.24) is 39.9 Å². The van der Waals surface area contributed by atoms with Gasteiger partial charge >= 0.3 is 0 Å². The first-order valence-corrected chi connectivity index (χ1v) is 25.7. The number of fused-ring (bicyclic) bond motifs is 5. The number of para-hydroxylation sites is 4. The second kappa shape index (κ2) is 18.4. The maximum absolute atomic E-state index is 5.47. The molecule has 12 aromatic rings. The van der Waals surface area contributed by atoms with E-state index < -0.39 is 0 Å². The molecule has 0 amide bonds. The predicted octanol–water partition coefficient (Wildman–Crippen LogP) is 15.9. The Morgan fingerprint density at radius 2 is 0.689 bits per heavy atom. The Bertz CT molecular complexity index is 3640. The molecule has 0 atom stereocenters. The zero-order valence-electron chi connectivity index (χ0n) is 39.2. The van der Waals surface area contributed by atoms with E-state index in [4.69, 9.17) is 29.9 Å². The summed E-state index contributed by atoms with van der Waals surface area (Å²) in [6.07, 6.45) is 10.8. The van der Waals surface area contributed by atoms with Crippen LogP contribution in [-0.2, 0) is 0 Å². The molecule has 0 N–H and O–H groups in total. The first-order valence-electron chi connectivity index (χ1n) is 24.0. The molecule has 0 radical (unpaired) electrons. The second-order valence-corrected chi connectivity index (χ2v) is 19.8. The van der Waals surface area contributed by atoms with Gasteiger partial charge in [0.1, 0.15) is 11.4 Å². The van der Waals surface area contributed by atoms with Crippen molar-refractivity contribution in [1.29, 1.82) is 0 Å². The molecule has 8 heterocycles. The molecule has 6 aromatic heterocycles. The molecule has 0 bridgehead atoms. The van der Waals surface area contributed by atoms with E-state index >= 15 is 0 Å². The highest BCUT2D eigenvalue weighted by atomic mass is 32.2. The monoisotopic (exact) mass is 986 g/mol. The number of benzene rings is 6.